The summed E-state index contributed by atoms with van der Waals surface area (Å²) in [6.45, 7) is -5.14. The van der Waals surface area contributed by atoms with Crippen LogP contribution in [-0.4, -0.2) is 51.6 Å². The summed E-state index contributed by atoms with van der Waals surface area (Å²) in [6.07, 6.45) is -0.977. The fraction of sp³-hybridized carbons (Fsp3) is 0.833. The van der Waals surface area contributed by atoms with E-state index in [1.807, 2.05) is 0 Å². The van der Waals surface area contributed by atoms with E-state index in [-0.39, 0.29) is 6.54 Å². The summed E-state index contributed by atoms with van der Waals surface area (Å²) in [5.74, 6) is -0.634. The first kappa shape index (κ1) is 12.3. The van der Waals surface area contributed by atoms with Crippen molar-refractivity contribution in [1.29, 1.82) is 0 Å². The Balaban J connectivity index is 4.16. The van der Waals surface area contributed by atoms with Gasteiger partial charge in [-0.2, -0.15) is 0 Å². The minimum absolute atomic E-state index is 0.266. The van der Waals surface area contributed by atoms with Crippen LogP contribution in [0.4, 0.5) is 12.9 Å². The van der Waals surface area contributed by atoms with Gasteiger partial charge in [0.1, 0.15) is 0 Å². The Morgan fingerprint density at radius 3 is 2.15 bits per heavy atom. The van der Waals surface area contributed by atoms with Crippen LogP contribution in [0.1, 0.15) is 0 Å². The topological polar surface area (TPSA) is 26.3 Å². The molecule has 0 aromatic carbocycles. The third kappa shape index (κ3) is 6.45. The van der Waals surface area contributed by atoms with Crippen molar-refractivity contribution < 1.29 is 27.0 Å². The van der Waals surface area contributed by atoms with Crippen LogP contribution in [0.25, 0.3) is 0 Å². The number of likely N-dealkylation sites (N-methyl/N-ethyl adjacent to an activating group) is 1. The highest BCUT2D eigenvalue weighted by molar-refractivity contribution is 6.58. The Hall–Kier alpha value is -0.715. The molecule has 0 saturated heterocycles. The van der Waals surface area contributed by atoms with E-state index in [0.29, 0.717) is 0 Å². The van der Waals surface area contributed by atoms with Crippen molar-refractivity contribution in [1.82, 2.24) is 0 Å². The molecule has 0 aromatic heterocycles. The molecule has 0 spiro atoms. The monoisotopic (exact) mass is 199 g/mol. The van der Waals surface area contributed by atoms with Crippen molar-refractivity contribution in [2.24, 2.45) is 0 Å². The lowest BCUT2D eigenvalue weighted by Crippen LogP contribution is -2.51. The zero-order chi connectivity index (χ0) is 10.7. The van der Waals surface area contributed by atoms with E-state index in [9.17, 15) is 17.7 Å². The molecule has 0 heterocycles. The number of carbonyl (C=O) groups is 1. The average Bonchev–Trinajstić information content (AvgIpc) is 1.80. The van der Waals surface area contributed by atoms with Gasteiger partial charge in [-0.15, -0.1) is 0 Å². The number of carbonyl (C=O) groups excluding carboxylic acids is 1. The first-order chi connectivity index (χ1) is 5.66. The smallest absolute Gasteiger partial charge is 0.465 e. The van der Waals surface area contributed by atoms with E-state index in [1.54, 1.807) is 0 Å². The van der Waals surface area contributed by atoms with Gasteiger partial charge in [-0.05, 0) is 0 Å². The van der Waals surface area contributed by atoms with E-state index in [0.717, 1.165) is 7.11 Å². The summed E-state index contributed by atoms with van der Waals surface area (Å²) in [4.78, 5) is 10.7. The van der Waals surface area contributed by atoms with Crippen molar-refractivity contribution in [3.63, 3.8) is 0 Å². The van der Waals surface area contributed by atoms with Crippen LogP contribution in [0.2, 0.25) is 0 Å². The van der Waals surface area contributed by atoms with Gasteiger partial charge in [0.25, 0.3) is 0 Å². The standard InChI is InChI=1S/C6H13BF3NO2/c1-11(2,4-6(12)13-3)5-7(8,9)10/h4-5H2,1-3H3. The zero-order valence-electron chi connectivity index (χ0n) is 7.89. The second-order valence-electron chi connectivity index (χ2n) is 3.56. The fourth-order valence-electron chi connectivity index (χ4n) is 1.04. The van der Waals surface area contributed by atoms with Crippen LogP contribution < -0.4 is 0 Å². The number of nitrogens with zero attached hydrogens (tertiary/aromatic N) is 1. The maximum Gasteiger partial charge on any atom is 0.531 e. The molecule has 13 heavy (non-hydrogen) atoms. The normalized spacial score (nSPS) is 12.8. The molecule has 0 rings (SSSR count). The van der Waals surface area contributed by atoms with Crippen LogP contribution in [-0.2, 0) is 9.53 Å². The molecule has 0 fully saturated rings. The highest BCUT2D eigenvalue weighted by Crippen LogP contribution is 2.13. The number of rotatable bonds is 4. The number of methoxy groups -OCH3 is 1. The second-order valence-corrected chi connectivity index (χ2v) is 3.56. The summed E-state index contributed by atoms with van der Waals surface area (Å²) in [7, 11) is 3.83. The maximum absolute atomic E-state index is 12.0. The van der Waals surface area contributed by atoms with Gasteiger partial charge >= 0.3 is 12.9 Å². The van der Waals surface area contributed by atoms with Gasteiger partial charge in [-0.3, -0.25) is 0 Å². The number of quaternary nitrogens is 1. The van der Waals surface area contributed by atoms with Gasteiger partial charge in [0.05, 0.1) is 27.6 Å². The number of hydrogen-bond donors (Lipinski definition) is 0. The molecule has 0 unspecified atom stereocenters. The highest BCUT2D eigenvalue weighted by Gasteiger charge is 2.34. The van der Waals surface area contributed by atoms with E-state index in [2.05, 4.69) is 4.74 Å². The largest absolute Gasteiger partial charge is 0.531 e. The molecule has 7 heteroatoms. The van der Waals surface area contributed by atoms with E-state index >= 15 is 0 Å². The first-order valence-electron chi connectivity index (χ1n) is 3.76. The van der Waals surface area contributed by atoms with Crippen molar-refractivity contribution in [2.75, 3.05) is 34.2 Å². The minimum Gasteiger partial charge on any atom is -0.465 e. The number of halogens is 3. The number of hydrogen-bond acceptors (Lipinski definition) is 2. The Morgan fingerprint density at radius 2 is 1.85 bits per heavy atom. The molecular formula is C6H13BF3NO2. The van der Waals surface area contributed by atoms with Gasteiger partial charge in [-0.1, -0.05) is 0 Å². The predicted octanol–water partition coefficient (Wildman–Crippen LogP) is 0.622. The van der Waals surface area contributed by atoms with Crippen LogP contribution in [0.3, 0.4) is 0 Å². The molecule has 0 N–H and O–H groups in total. The molecule has 0 atom stereocenters. The SMILES string of the molecule is COC(=O)C[N+](C)(C)C[B-](F)(F)F. The molecule has 0 bridgehead atoms. The van der Waals surface area contributed by atoms with E-state index in [1.165, 1.54) is 14.1 Å². The average molecular weight is 199 g/mol. The molecule has 0 aliphatic rings. The number of esters is 1. The van der Waals surface area contributed by atoms with Gasteiger partial charge in [0.15, 0.2) is 6.54 Å². The molecular weight excluding hydrogens is 186 g/mol. The Labute approximate surface area is 75.1 Å². The minimum atomic E-state index is -4.87. The van der Waals surface area contributed by atoms with Crippen molar-refractivity contribution in [2.45, 2.75) is 0 Å². The molecule has 0 saturated carbocycles. The van der Waals surface area contributed by atoms with E-state index in [4.69, 9.17) is 0 Å². The molecule has 0 radical (unpaired) electrons. The van der Waals surface area contributed by atoms with Crippen LogP contribution in [0.15, 0.2) is 0 Å². The summed E-state index contributed by atoms with van der Waals surface area (Å²) < 4.78 is 39.9. The highest BCUT2D eigenvalue weighted by atomic mass is 19.4. The molecule has 0 aliphatic carbocycles. The van der Waals surface area contributed by atoms with Crippen molar-refractivity contribution >= 4 is 12.9 Å². The third-order valence-electron chi connectivity index (χ3n) is 1.49. The van der Waals surface area contributed by atoms with Gasteiger partial charge in [-0.25, -0.2) is 4.79 Å². The first-order valence-corrected chi connectivity index (χ1v) is 3.76. The number of ether oxygens (including phenoxy) is 1. The van der Waals surface area contributed by atoms with Crippen LogP contribution >= 0.6 is 0 Å². The summed E-state index contributed by atoms with van der Waals surface area (Å²) in [6, 6.07) is 0. The van der Waals surface area contributed by atoms with Crippen LogP contribution in [0, 0.1) is 0 Å². The van der Waals surface area contributed by atoms with Crippen LogP contribution in [0.5, 0.6) is 0 Å². The maximum atomic E-state index is 12.0. The Kier molecular flexibility index (Phi) is 3.78. The molecule has 0 aromatic rings. The van der Waals surface area contributed by atoms with Gasteiger partial charge in [0, 0.05) is 0 Å². The fourth-order valence-corrected chi connectivity index (χ4v) is 1.04. The Morgan fingerprint density at radius 1 is 1.38 bits per heavy atom. The van der Waals surface area contributed by atoms with Crippen molar-refractivity contribution in [3.05, 3.63) is 0 Å². The summed E-state index contributed by atoms with van der Waals surface area (Å²) in [5.41, 5.74) is 0. The molecule has 0 aliphatic heterocycles. The zero-order valence-corrected chi connectivity index (χ0v) is 7.89. The third-order valence-corrected chi connectivity index (χ3v) is 1.49. The quantitative estimate of drug-likeness (QED) is 0.377. The predicted molar refractivity (Wildman–Crippen MR) is 42.9 cm³/mol. The summed E-state index contributed by atoms with van der Waals surface area (Å²) in [5, 5.41) is 0. The lowest BCUT2D eigenvalue weighted by molar-refractivity contribution is -0.874. The van der Waals surface area contributed by atoms with Gasteiger partial charge < -0.3 is 22.2 Å². The lowest BCUT2D eigenvalue weighted by atomic mass is 9.90. The summed E-state index contributed by atoms with van der Waals surface area (Å²) >= 11 is 0. The second kappa shape index (κ2) is 4.00. The van der Waals surface area contributed by atoms with E-state index < -0.39 is 23.9 Å². The molecule has 0 amide bonds. The van der Waals surface area contributed by atoms with Crippen molar-refractivity contribution in [3.8, 4) is 0 Å². The molecule has 3 nitrogen and oxygen atoms in total. The lowest BCUT2D eigenvalue weighted by Gasteiger charge is -2.32. The molecule has 78 valence electrons. The Bertz CT molecular complexity index is 193. The van der Waals surface area contributed by atoms with Gasteiger partial charge in [0.2, 0.25) is 0 Å².